The van der Waals surface area contributed by atoms with E-state index in [0.717, 1.165) is 36.8 Å². The average Bonchev–Trinajstić information content (AvgIpc) is 2.47. The van der Waals surface area contributed by atoms with Crippen molar-refractivity contribution in [3.8, 4) is 5.75 Å². The number of carbonyl (C=O) groups is 1. The lowest BCUT2D eigenvalue weighted by molar-refractivity contribution is -0.127. The molecule has 2 N–H and O–H groups in total. The van der Waals surface area contributed by atoms with Gasteiger partial charge in [0.25, 0.3) is 0 Å². The number of methoxy groups -OCH3 is 1. The Labute approximate surface area is 138 Å². The normalized spacial score (nSPS) is 17.3. The number of anilines is 1. The molecule has 1 aliphatic rings. The molecule has 0 bridgehead atoms. The van der Waals surface area contributed by atoms with Crippen LogP contribution in [0.15, 0.2) is 16.6 Å². The minimum absolute atomic E-state index is 0.0407. The third-order valence-corrected chi connectivity index (χ3v) is 4.99. The first-order valence-electron chi connectivity index (χ1n) is 7.07. The van der Waals surface area contributed by atoms with Gasteiger partial charge in [-0.1, -0.05) is 18.5 Å². The zero-order valence-electron chi connectivity index (χ0n) is 12.3. The van der Waals surface area contributed by atoms with Crippen LogP contribution in [-0.4, -0.2) is 26.1 Å². The van der Waals surface area contributed by atoms with E-state index in [-0.39, 0.29) is 11.3 Å². The van der Waals surface area contributed by atoms with Crippen molar-refractivity contribution < 1.29 is 9.53 Å². The summed E-state index contributed by atoms with van der Waals surface area (Å²) in [5, 5.41) is 6.85. The van der Waals surface area contributed by atoms with Gasteiger partial charge >= 0.3 is 0 Å². The molecule has 1 aliphatic heterocycles. The Morgan fingerprint density at radius 1 is 1.48 bits per heavy atom. The SMILES string of the molecule is CCC1(C(=O)Nc2cc(Cl)cc(Br)c2OC)CCNCC1. The fourth-order valence-electron chi connectivity index (χ4n) is 2.76. The van der Waals surface area contributed by atoms with Crippen LogP contribution in [0, 0.1) is 5.41 Å². The average molecular weight is 376 g/mol. The smallest absolute Gasteiger partial charge is 0.230 e. The van der Waals surface area contributed by atoms with E-state index in [1.807, 2.05) is 0 Å². The van der Waals surface area contributed by atoms with Crippen LogP contribution in [0.5, 0.6) is 5.75 Å². The molecule has 0 aliphatic carbocycles. The van der Waals surface area contributed by atoms with E-state index in [2.05, 4.69) is 33.5 Å². The highest BCUT2D eigenvalue weighted by molar-refractivity contribution is 9.10. The molecular weight excluding hydrogens is 356 g/mol. The van der Waals surface area contributed by atoms with E-state index in [1.54, 1.807) is 19.2 Å². The molecule has 0 spiro atoms. The molecule has 2 rings (SSSR count). The lowest BCUT2D eigenvalue weighted by Gasteiger charge is -2.35. The number of benzene rings is 1. The molecule has 0 unspecified atom stereocenters. The predicted molar refractivity (Wildman–Crippen MR) is 89.2 cm³/mol. The van der Waals surface area contributed by atoms with Crippen LogP contribution in [0.3, 0.4) is 0 Å². The van der Waals surface area contributed by atoms with Gasteiger partial charge < -0.3 is 15.4 Å². The number of hydrogen-bond acceptors (Lipinski definition) is 3. The molecule has 0 saturated carbocycles. The molecule has 4 nitrogen and oxygen atoms in total. The van der Waals surface area contributed by atoms with E-state index in [4.69, 9.17) is 16.3 Å². The summed E-state index contributed by atoms with van der Waals surface area (Å²) in [6.45, 7) is 3.81. The summed E-state index contributed by atoms with van der Waals surface area (Å²) in [6.07, 6.45) is 2.52. The predicted octanol–water partition coefficient (Wildman–Crippen LogP) is 3.83. The number of piperidine rings is 1. The third kappa shape index (κ3) is 3.52. The topological polar surface area (TPSA) is 50.4 Å². The van der Waals surface area contributed by atoms with E-state index in [9.17, 15) is 4.79 Å². The highest BCUT2D eigenvalue weighted by atomic mass is 79.9. The first-order valence-corrected chi connectivity index (χ1v) is 8.24. The van der Waals surface area contributed by atoms with Gasteiger partial charge in [0.1, 0.15) is 0 Å². The van der Waals surface area contributed by atoms with Crippen LogP contribution in [0.25, 0.3) is 0 Å². The van der Waals surface area contributed by atoms with Gasteiger partial charge in [0, 0.05) is 5.02 Å². The summed E-state index contributed by atoms with van der Waals surface area (Å²) in [7, 11) is 1.57. The van der Waals surface area contributed by atoms with E-state index in [0.29, 0.717) is 16.5 Å². The number of nitrogens with one attached hydrogen (secondary N) is 2. The second-order valence-corrected chi connectivity index (χ2v) is 6.60. The second kappa shape index (κ2) is 6.99. The second-order valence-electron chi connectivity index (χ2n) is 5.31. The molecule has 1 amide bonds. The van der Waals surface area contributed by atoms with Gasteiger partial charge in [-0.25, -0.2) is 0 Å². The van der Waals surface area contributed by atoms with Gasteiger partial charge in [-0.3, -0.25) is 4.79 Å². The van der Waals surface area contributed by atoms with Crippen LogP contribution in [0.2, 0.25) is 5.02 Å². The van der Waals surface area contributed by atoms with Gasteiger partial charge in [-0.2, -0.15) is 0 Å². The van der Waals surface area contributed by atoms with Gasteiger partial charge in [-0.15, -0.1) is 0 Å². The highest BCUT2D eigenvalue weighted by Gasteiger charge is 2.38. The summed E-state index contributed by atoms with van der Waals surface area (Å²) in [5.41, 5.74) is 0.290. The van der Waals surface area contributed by atoms with E-state index < -0.39 is 0 Å². The maximum absolute atomic E-state index is 12.8. The molecule has 21 heavy (non-hydrogen) atoms. The number of ether oxygens (including phenoxy) is 1. The van der Waals surface area contributed by atoms with Crippen LogP contribution in [-0.2, 0) is 4.79 Å². The fourth-order valence-corrected chi connectivity index (χ4v) is 3.73. The minimum atomic E-state index is -0.314. The van der Waals surface area contributed by atoms with Crippen LogP contribution < -0.4 is 15.4 Å². The summed E-state index contributed by atoms with van der Waals surface area (Å²) < 4.78 is 6.08. The Morgan fingerprint density at radius 2 is 2.14 bits per heavy atom. The molecule has 0 atom stereocenters. The van der Waals surface area contributed by atoms with Gasteiger partial charge in [-0.05, 0) is 60.4 Å². The molecule has 1 heterocycles. The summed E-state index contributed by atoms with van der Waals surface area (Å²) in [4.78, 5) is 12.8. The molecule has 1 saturated heterocycles. The Hall–Kier alpha value is -0.780. The lowest BCUT2D eigenvalue weighted by Crippen LogP contribution is -2.44. The Kier molecular flexibility index (Phi) is 5.52. The highest BCUT2D eigenvalue weighted by Crippen LogP contribution is 2.39. The Morgan fingerprint density at radius 3 is 2.71 bits per heavy atom. The van der Waals surface area contributed by atoms with Crippen LogP contribution >= 0.6 is 27.5 Å². The van der Waals surface area contributed by atoms with Gasteiger partial charge in [0.2, 0.25) is 5.91 Å². The first-order chi connectivity index (χ1) is 10.0. The molecule has 0 radical (unpaired) electrons. The van der Waals surface area contributed by atoms with Crippen molar-refractivity contribution >= 4 is 39.1 Å². The fraction of sp³-hybridized carbons (Fsp3) is 0.533. The van der Waals surface area contributed by atoms with E-state index >= 15 is 0 Å². The molecule has 0 aromatic heterocycles. The quantitative estimate of drug-likeness (QED) is 0.841. The molecular formula is C15H20BrClN2O2. The van der Waals surface area contributed by atoms with Crippen molar-refractivity contribution in [1.82, 2.24) is 5.32 Å². The number of hydrogen-bond donors (Lipinski definition) is 2. The lowest BCUT2D eigenvalue weighted by atomic mass is 9.76. The van der Waals surface area contributed by atoms with Crippen molar-refractivity contribution in [3.05, 3.63) is 21.6 Å². The summed E-state index contributed by atoms with van der Waals surface area (Å²) >= 11 is 9.47. The minimum Gasteiger partial charge on any atom is -0.493 e. The van der Waals surface area contributed by atoms with Crippen LogP contribution in [0.1, 0.15) is 26.2 Å². The number of halogens is 2. The van der Waals surface area contributed by atoms with Crippen molar-refractivity contribution in [1.29, 1.82) is 0 Å². The van der Waals surface area contributed by atoms with Gasteiger partial charge in [0.05, 0.1) is 22.7 Å². The zero-order chi connectivity index (χ0) is 15.5. The molecule has 1 aromatic carbocycles. The number of amides is 1. The van der Waals surface area contributed by atoms with Crippen molar-refractivity contribution in [3.63, 3.8) is 0 Å². The maximum atomic E-state index is 12.8. The summed E-state index contributed by atoms with van der Waals surface area (Å²) in [6, 6.07) is 3.46. The monoisotopic (exact) mass is 374 g/mol. The number of rotatable bonds is 4. The van der Waals surface area contributed by atoms with Crippen LogP contribution in [0.4, 0.5) is 5.69 Å². The van der Waals surface area contributed by atoms with Gasteiger partial charge in [0.15, 0.2) is 5.75 Å². The van der Waals surface area contributed by atoms with Crippen molar-refractivity contribution in [2.24, 2.45) is 5.41 Å². The zero-order valence-corrected chi connectivity index (χ0v) is 14.6. The standard InChI is InChI=1S/C15H20BrClN2O2/c1-3-15(4-6-18-7-5-15)14(20)19-12-9-10(17)8-11(16)13(12)21-2/h8-9,18H,3-7H2,1-2H3,(H,19,20). The first kappa shape index (κ1) is 16.6. The molecule has 116 valence electrons. The molecule has 1 fully saturated rings. The molecule has 1 aromatic rings. The number of carbonyl (C=O) groups excluding carboxylic acids is 1. The van der Waals surface area contributed by atoms with E-state index in [1.165, 1.54) is 0 Å². The maximum Gasteiger partial charge on any atom is 0.230 e. The Bertz CT molecular complexity index is 531. The third-order valence-electron chi connectivity index (χ3n) is 4.18. The summed E-state index contributed by atoms with van der Waals surface area (Å²) in [5.74, 6) is 0.631. The Balaban J connectivity index is 2.26. The van der Waals surface area contributed by atoms with Crippen molar-refractivity contribution in [2.75, 3.05) is 25.5 Å². The molecule has 6 heteroatoms. The largest absolute Gasteiger partial charge is 0.493 e. The van der Waals surface area contributed by atoms with Crippen molar-refractivity contribution in [2.45, 2.75) is 26.2 Å².